The zero-order valence-corrected chi connectivity index (χ0v) is 19.8. The summed E-state index contributed by atoms with van der Waals surface area (Å²) in [6, 6.07) is 13.4. The van der Waals surface area contributed by atoms with Crippen molar-refractivity contribution in [2.45, 2.75) is 32.4 Å². The molecule has 0 saturated heterocycles. The maximum absolute atomic E-state index is 13.4. The number of hydrogen-bond donors (Lipinski definition) is 1. The molecule has 0 aliphatic carbocycles. The highest BCUT2D eigenvalue weighted by Gasteiger charge is 2.40. The second-order valence-electron chi connectivity index (χ2n) is 8.48. The first kappa shape index (κ1) is 23.3. The summed E-state index contributed by atoms with van der Waals surface area (Å²) >= 11 is 0. The number of esters is 1. The number of carbonyl (C=O) groups is 3. The van der Waals surface area contributed by atoms with Crippen LogP contribution >= 0.6 is 0 Å². The lowest BCUT2D eigenvalue weighted by Crippen LogP contribution is -2.32. The summed E-state index contributed by atoms with van der Waals surface area (Å²) in [6.45, 7) is 3.23. The van der Waals surface area contributed by atoms with Crippen LogP contribution in [0.3, 0.4) is 0 Å². The van der Waals surface area contributed by atoms with Crippen molar-refractivity contribution in [1.29, 1.82) is 0 Å². The van der Waals surface area contributed by atoms with Crippen molar-refractivity contribution in [1.82, 2.24) is 19.1 Å². The minimum Gasteiger partial charge on any atom is -0.462 e. The lowest BCUT2D eigenvalue weighted by Gasteiger charge is -2.16. The van der Waals surface area contributed by atoms with Gasteiger partial charge in [-0.1, -0.05) is 12.1 Å². The Bertz CT molecular complexity index is 1390. The number of ether oxygens (including phenoxy) is 1. The van der Waals surface area contributed by atoms with Crippen LogP contribution in [0, 0.1) is 0 Å². The number of nitrogens with one attached hydrogen (secondary N) is 1. The van der Waals surface area contributed by atoms with Crippen LogP contribution in [-0.2, 0) is 20.9 Å². The first-order chi connectivity index (χ1) is 17.5. The number of aromatic nitrogens is 4. The normalized spacial score (nSPS) is 14.8. The minimum atomic E-state index is -0.695. The number of carbonyl (C=O) groups excluding carboxylic acids is 3. The van der Waals surface area contributed by atoms with Crippen LogP contribution in [0.15, 0.2) is 67.3 Å². The number of aryl methyl sites for hydroxylation is 1. The van der Waals surface area contributed by atoms with E-state index in [0.29, 0.717) is 23.7 Å². The molecule has 184 valence electrons. The van der Waals surface area contributed by atoms with E-state index in [-0.39, 0.29) is 24.8 Å². The fourth-order valence-electron chi connectivity index (χ4n) is 4.43. The van der Waals surface area contributed by atoms with Gasteiger partial charge in [-0.2, -0.15) is 0 Å². The van der Waals surface area contributed by atoms with Crippen molar-refractivity contribution in [2.75, 3.05) is 23.4 Å². The van der Waals surface area contributed by atoms with Crippen molar-refractivity contribution < 1.29 is 19.1 Å². The van der Waals surface area contributed by atoms with E-state index in [1.165, 1.54) is 0 Å². The van der Waals surface area contributed by atoms with E-state index in [9.17, 15) is 14.4 Å². The van der Waals surface area contributed by atoms with Crippen LogP contribution in [0.5, 0.6) is 0 Å². The molecule has 2 amide bonds. The second-order valence-corrected chi connectivity index (χ2v) is 8.48. The summed E-state index contributed by atoms with van der Waals surface area (Å²) in [6.07, 6.45) is 6.03. The molecule has 0 saturated carbocycles. The van der Waals surface area contributed by atoms with E-state index >= 15 is 0 Å². The third-order valence-electron chi connectivity index (χ3n) is 6.10. The van der Waals surface area contributed by atoms with Crippen molar-refractivity contribution in [2.24, 2.45) is 0 Å². The van der Waals surface area contributed by atoms with Crippen LogP contribution in [0.2, 0.25) is 0 Å². The van der Waals surface area contributed by atoms with Crippen molar-refractivity contribution in [3.63, 3.8) is 0 Å². The molecule has 1 atom stereocenters. The topological polar surface area (TPSA) is 111 Å². The van der Waals surface area contributed by atoms with Crippen LogP contribution in [0.1, 0.15) is 36.2 Å². The number of para-hydroxylation sites is 2. The number of benzene rings is 2. The van der Waals surface area contributed by atoms with Crippen LogP contribution in [0.25, 0.3) is 11.0 Å². The summed E-state index contributed by atoms with van der Waals surface area (Å²) in [4.78, 5) is 48.7. The van der Waals surface area contributed by atoms with Gasteiger partial charge in [0.2, 0.25) is 11.9 Å². The highest BCUT2D eigenvalue weighted by molar-refractivity contribution is 6.05. The van der Waals surface area contributed by atoms with E-state index in [2.05, 4.69) is 10.3 Å². The molecule has 0 fully saturated rings. The highest BCUT2D eigenvalue weighted by Crippen LogP contribution is 2.36. The molecular weight excluding hydrogens is 460 g/mol. The highest BCUT2D eigenvalue weighted by atomic mass is 16.5. The Balaban J connectivity index is 1.32. The molecule has 2 aromatic carbocycles. The van der Waals surface area contributed by atoms with Crippen molar-refractivity contribution in [3.05, 3.63) is 72.8 Å². The smallest absolute Gasteiger partial charge is 0.338 e. The van der Waals surface area contributed by atoms with Gasteiger partial charge in [0.05, 0.1) is 36.0 Å². The monoisotopic (exact) mass is 486 g/mol. The van der Waals surface area contributed by atoms with Gasteiger partial charge < -0.3 is 14.6 Å². The fourth-order valence-corrected chi connectivity index (χ4v) is 4.43. The largest absolute Gasteiger partial charge is 0.462 e. The number of anilines is 2. The first-order valence-electron chi connectivity index (χ1n) is 11.9. The number of amides is 2. The van der Waals surface area contributed by atoms with E-state index in [1.807, 2.05) is 39.6 Å². The summed E-state index contributed by atoms with van der Waals surface area (Å²) < 4.78 is 8.81. The van der Waals surface area contributed by atoms with Crippen LogP contribution < -0.4 is 10.2 Å². The number of rotatable bonds is 9. The molecule has 1 N–H and O–H groups in total. The van der Waals surface area contributed by atoms with Gasteiger partial charge in [0.1, 0.15) is 6.04 Å². The minimum absolute atomic E-state index is 0.0379. The van der Waals surface area contributed by atoms with Gasteiger partial charge in [-0.25, -0.2) is 14.8 Å². The van der Waals surface area contributed by atoms with Gasteiger partial charge >= 0.3 is 5.97 Å². The summed E-state index contributed by atoms with van der Waals surface area (Å²) in [5.41, 5.74) is 2.53. The first-order valence-corrected chi connectivity index (χ1v) is 11.9. The van der Waals surface area contributed by atoms with Gasteiger partial charge in [0, 0.05) is 31.2 Å². The molecule has 0 bridgehead atoms. The predicted molar refractivity (Wildman–Crippen MR) is 134 cm³/mol. The fraction of sp³-hybridized carbons (Fsp3) is 0.269. The zero-order chi connectivity index (χ0) is 25.1. The van der Waals surface area contributed by atoms with E-state index in [4.69, 9.17) is 9.72 Å². The number of fused-ring (bicyclic) bond motifs is 3. The summed E-state index contributed by atoms with van der Waals surface area (Å²) in [5.74, 6) is -0.314. The molecule has 10 heteroatoms. The Morgan fingerprint density at radius 2 is 1.89 bits per heavy atom. The van der Waals surface area contributed by atoms with Crippen molar-refractivity contribution in [3.8, 4) is 0 Å². The molecule has 1 unspecified atom stereocenters. The Kier molecular flexibility index (Phi) is 6.48. The summed E-state index contributed by atoms with van der Waals surface area (Å²) in [5, 5.41) is 2.83. The van der Waals surface area contributed by atoms with Crippen LogP contribution in [0.4, 0.5) is 11.6 Å². The molecule has 1 aliphatic rings. The van der Waals surface area contributed by atoms with Gasteiger partial charge in [0.25, 0.3) is 5.91 Å². The average Bonchev–Trinajstić information content (AvgIpc) is 3.58. The van der Waals surface area contributed by atoms with E-state index in [1.54, 1.807) is 48.6 Å². The second kappa shape index (κ2) is 10.0. The molecule has 0 spiro atoms. The molecule has 5 rings (SSSR count). The van der Waals surface area contributed by atoms with Gasteiger partial charge in [0.15, 0.2) is 0 Å². The van der Waals surface area contributed by atoms with Crippen molar-refractivity contribution >= 4 is 40.5 Å². The molecule has 3 heterocycles. The number of nitrogens with zero attached hydrogens (tertiary/aromatic N) is 5. The standard InChI is InChI=1S/C26H26N6O4/c1-2-36-25(35)18-8-10-19(11-9-18)28-23(33)16-22-24(34)31(14-5-13-30-15-12-27-17-30)26-29-20-6-3-4-7-21(20)32(22)26/h3-4,6-12,15,17,22H,2,5,13-14,16H2,1H3,(H,28,33). The molecular formula is C26H26N6O4. The lowest BCUT2D eigenvalue weighted by molar-refractivity contribution is -0.124. The Hall–Kier alpha value is -4.47. The van der Waals surface area contributed by atoms with Gasteiger partial charge in [-0.3, -0.25) is 19.1 Å². The molecule has 1 aliphatic heterocycles. The lowest BCUT2D eigenvalue weighted by atomic mass is 10.1. The SMILES string of the molecule is CCOC(=O)c1ccc(NC(=O)CC2C(=O)N(CCCn3ccnc3)c3nc4ccccc4n32)cc1. The molecule has 36 heavy (non-hydrogen) atoms. The van der Waals surface area contributed by atoms with Gasteiger partial charge in [-0.15, -0.1) is 0 Å². The third-order valence-corrected chi connectivity index (χ3v) is 6.10. The van der Waals surface area contributed by atoms with Crippen LogP contribution in [-0.4, -0.2) is 50.0 Å². The van der Waals surface area contributed by atoms with Gasteiger partial charge in [-0.05, 0) is 49.7 Å². The van der Waals surface area contributed by atoms with E-state index < -0.39 is 12.0 Å². The zero-order valence-electron chi connectivity index (χ0n) is 19.8. The maximum Gasteiger partial charge on any atom is 0.338 e. The molecule has 4 aromatic rings. The third kappa shape index (κ3) is 4.57. The quantitative estimate of drug-likeness (QED) is 0.363. The molecule has 2 aromatic heterocycles. The number of hydrogen-bond acceptors (Lipinski definition) is 6. The molecule has 0 radical (unpaired) electrons. The molecule has 10 nitrogen and oxygen atoms in total. The Labute approximate surface area is 207 Å². The Morgan fingerprint density at radius 3 is 2.64 bits per heavy atom. The average molecular weight is 487 g/mol. The predicted octanol–water partition coefficient (Wildman–Crippen LogP) is 3.42. The number of imidazole rings is 2. The van der Waals surface area contributed by atoms with E-state index in [0.717, 1.165) is 24.0 Å². The maximum atomic E-state index is 13.4. The Morgan fingerprint density at radius 1 is 1.08 bits per heavy atom. The summed E-state index contributed by atoms with van der Waals surface area (Å²) in [7, 11) is 0.